The number of anilines is 1. The minimum atomic E-state index is -0.425. The first kappa shape index (κ1) is 15.4. The molecule has 0 atom stereocenters. The Balaban J connectivity index is 2.40. The van der Waals surface area contributed by atoms with Crippen molar-refractivity contribution in [1.29, 1.82) is 0 Å². The van der Waals surface area contributed by atoms with Gasteiger partial charge in [0.15, 0.2) is 0 Å². The number of aromatic nitrogens is 1. The molecule has 0 saturated heterocycles. The zero-order valence-electron chi connectivity index (χ0n) is 12.6. The molecule has 1 heterocycles. The van der Waals surface area contributed by atoms with E-state index in [1.807, 2.05) is 39.0 Å². The molecule has 21 heavy (non-hydrogen) atoms. The fourth-order valence-corrected chi connectivity index (χ4v) is 3.17. The van der Waals surface area contributed by atoms with Crippen LogP contribution in [0.5, 0.6) is 0 Å². The standard InChI is InChI=1S/C16H18N2O2S/c1-9-5-11(3)18-14(6-9)21-12-7-10(2)15(17)13(8-12)16(19)20-4/h5-8H,17H2,1-4H3. The van der Waals surface area contributed by atoms with Gasteiger partial charge < -0.3 is 10.5 Å². The molecule has 2 rings (SSSR count). The molecule has 0 radical (unpaired) electrons. The number of nitrogens with two attached hydrogens (primary N) is 1. The van der Waals surface area contributed by atoms with Crippen LogP contribution in [-0.4, -0.2) is 18.1 Å². The number of carbonyl (C=O) groups is 1. The Hall–Kier alpha value is -2.01. The first-order chi connectivity index (χ1) is 9.90. The van der Waals surface area contributed by atoms with Crippen molar-refractivity contribution in [2.24, 2.45) is 0 Å². The van der Waals surface area contributed by atoms with Crippen molar-refractivity contribution in [2.75, 3.05) is 12.8 Å². The van der Waals surface area contributed by atoms with Gasteiger partial charge in [-0.05, 0) is 56.2 Å². The summed E-state index contributed by atoms with van der Waals surface area (Å²) in [5.74, 6) is -0.425. The number of carbonyl (C=O) groups excluding carboxylic acids is 1. The summed E-state index contributed by atoms with van der Waals surface area (Å²) < 4.78 is 4.77. The molecule has 2 aromatic rings. The molecule has 110 valence electrons. The molecule has 0 fully saturated rings. The van der Waals surface area contributed by atoms with E-state index in [-0.39, 0.29) is 0 Å². The van der Waals surface area contributed by atoms with E-state index >= 15 is 0 Å². The van der Waals surface area contributed by atoms with Crippen molar-refractivity contribution < 1.29 is 9.53 Å². The predicted octanol–water partition coefficient (Wildman–Crippen LogP) is 3.53. The third-order valence-electron chi connectivity index (χ3n) is 3.06. The van der Waals surface area contributed by atoms with E-state index in [9.17, 15) is 4.79 Å². The molecule has 5 heteroatoms. The zero-order chi connectivity index (χ0) is 15.6. The molecular formula is C16H18N2O2S. The van der Waals surface area contributed by atoms with Crippen molar-refractivity contribution in [3.63, 3.8) is 0 Å². The van der Waals surface area contributed by atoms with Crippen LogP contribution in [0, 0.1) is 20.8 Å². The molecule has 0 aliphatic carbocycles. The lowest BCUT2D eigenvalue weighted by Crippen LogP contribution is -2.07. The third kappa shape index (κ3) is 3.55. The molecule has 2 N–H and O–H groups in total. The average molecular weight is 302 g/mol. The molecule has 0 unspecified atom stereocenters. The quantitative estimate of drug-likeness (QED) is 0.694. The van der Waals surface area contributed by atoms with Crippen molar-refractivity contribution in [2.45, 2.75) is 30.7 Å². The normalized spacial score (nSPS) is 10.5. The lowest BCUT2D eigenvalue weighted by Gasteiger charge is -2.10. The number of nitrogens with zero attached hydrogens (tertiary/aromatic N) is 1. The highest BCUT2D eigenvalue weighted by Gasteiger charge is 2.14. The van der Waals surface area contributed by atoms with Gasteiger partial charge in [-0.15, -0.1) is 0 Å². The first-order valence-corrected chi connectivity index (χ1v) is 7.34. The molecule has 0 aliphatic heterocycles. The summed E-state index contributed by atoms with van der Waals surface area (Å²) in [5, 5.41) is 0.896. The number of aryl methyl sites for hydroxylation is 3. The van der Waals surface area contributed by atoms with Crippen LogP contribution in [-0.2, 0) is 4.74 Å². The Labute approximate surface area is 128 Å². The summed E-state index contributed by atoms with van der Waals surface area (Å²) in [4.78, 5) is 17.2. The summed E-state index contributed by atoms with van der Waals surface area (Å²) in [6, 6.07) is 7.74. The Morgan fingerprint density at radius 1 is 1.19 bits per heavy atom. The van der Waals surface area contributed by atoms with Crippen molar-refractivity contribution in [3.05, 3.63) is 46.6 Å². The SMILES string of the molecule is COC(=O)c1cc(Sc2cc(C)cc(C)n2)cc(C)c1N. The molecule has 0 amide bonds. The van der Waals surface area contributed by atoms with Gasteiger partial charge in [0.25, 0.3) is 0 Å². The molecule has 0 aliphatic rings. The van der Waals surface area contributed by atoms with Crippen LogP contribution in [0.25, 0.3) is 0 Å². The maximum atomic E-state index is 11.8. The monoisotopic (exact) mass is 302 g/mol. The molecular weight excluding hydrogens is 284 g/mol. The topological polar surface area (TPSA) is 65.2 Å². The number of nitrogen functional groups attached to an aromatic ring is 1. The van der Waals surface area contributed by atoms with Crippen LogP contribution in [0.3, 0.4) is 0 Å². The Morgan fingerprint density at radius 2 is 1.90 bits per heavy atom. The van der Waals surface area contributed by atoms with Crippen LogP contribution < -0.4 is 5.73 Å². The van der Waals surface area contributed by atoms with Gasteiger partial charge in [0, 0.05) is 16.3 Å². The molecule has 0 saturated carbocycles. The maximum Gasteiger partial charge on any atom is 0.340 e. The Bertz CT molecular complexity index is 679. The van der Waals surface area contributed by atoms with E-state index in [0.29, 0.717) is 11.3 Å². The fraction of sp³-hybridized carbons (Fsp3) is 0.250. The van der Waals surface area contributed by atoms with E-state index in [1.165, 1.54) is 18.9 Å². The minimum Gasteiger partial charge on any atom is -0.465 e. The summed E-state index contributed by atoms with van der Waals surface area (Å²) in [7, 11) is 1.35. The lowest BCUT2D eigenvalue weighted by atomic mass is 10.1. The maximum absolute atomic E-state index is 11.8. The van der Waals surface area contributed by atoms with E-state index < -0.39 is 5.97 Å². The largest absolute Gasteiger partial charge is 0.465 e. The van der Waals surface area contributed by atoms with Gasteiger partial charge in [0.05, 0.1) is 12.7 Å². The van der Waals surface area contributed by atoms with Gasteiger partial charge in [-0.3, -0.25) is 0 Å². The number of hydrogen-bond acceptors (Lipinski definition) is 5. The number of hydrogen-bond donors (Lipinski definition) is 1. The van der Waals surface area contributed by atoms with Crippen LogP contribution in [0.2, 0.25) is 0 Å². The highest BCUT2D eigenvalue weighted by molar-refractivity contribution is 7.99. The lowest BCUT2D eigenvalue weighted by molar-refractivity contribution is 0.0601. The summed E-state index contributed by atoms with van der Waals surface area (Å²) in [6.07, 6.45) is 0. The third-order valence-corrected chi connectivity index (χ3v) is 3.95. The number of pyridine rings is 1. The van der Waals surface area contributed by atoms with Gasteiger partial charge in [-0.2, -0.15) is 0 Å². The molecule has 0 bridgehead atoms. The molecule has 0 spiro atoms. The number of methoxy groups -OCH3 is 1. The smallest absolute Gasteiger partial charge is 0.340 e. The van der Waals surface area contributed by atoms with Gasteiger partial charge >= 0.3 is 5.97 Å². The first-order valence-electron chi connectivity index (χ1n) is 6.52. The van der Waals surface area contributed by atoms with Crippen molar-refractivity contribution >= 4 is 23.4 Å². The summed E-state index contributed by atoms with van der Waals surface area (Å²) in [6.45, 7) is 5.87. The van der Waals surface area contributed by atoms with Crippen molar-refractivity contribution in [3.8, 4) is 0 Å². The van der Waals surface area contributed by atoms with Gasteiger partial charge in [0.2, 0.25) is 0 Å². The van der Waals surface area contributed by atoms with Crippen LogP contribution >= 0.6 is 11.8 Å². The second-order valence-electron chi connectivity index (χ2n) is 4.92. The van der Waals surface area contributed by atoms with Crippen LogP contribution in [0.4, 0.5) is 5.69 Å². The van der Waals surface area contributed by atoms with E-state index in [2.05, 4.69) is 4.98 Å². The van der Waals surface area contributed by atoms with E-state index in [0.717, 1.165) is 26.7 Å². The number of esters is 1. The van der Waals surface area contributed by atoms with E-state index in [4.69, 9.17) is 10.5 Å². The molecule has 1 aromatic carbocycles. The summed E-state index contributed by atoms with van der Waals surface area (Å²) in [5.41, 5.74) is 9.77. The number of rotatable bonds is 3. The molecule has 4 nitrogen and oxygen atoms in total. The average Bonchev–Trinajstić information content (AvgIpc) is 2.40. The van der Waals surface area contributed by atoms with Gasteiger partial charge in [0.1, 0.15) is 5.03 Å². The van der Waals surface area contributed by atoms with Crippen LogP contribution in [0.15, 0.2) is 34.2 Å². The van der Waals surface area contributed by atoms with Gasteiger partial charge in [-0.25, -0.2) is 9.78 Å². The highest BCUT2D eigenvalue weighted by atomic mass is 32.2. The Morgan fingerprint density at radius 3 is 2.52 bits per heavy atom. The summed E-state index contributed by atoms with van der Waals surface area (Å²) >= 11 is 1.51. The molecule has 1 aromatic heterocycles. The van der Waals surface area contributed by atoms with Gasteiger partial charge in [-0.1, -0.05) is 11.8 Å². The second-order valence-corrected chi connectivity index (χ2v) is 6.01. The number of ether oxygens (including phenoxy) is 1. The van der Waals surface area contributed by atoms with E-state index in [1.54, 1.807) is 6.07 Å². The highest BCUT2D eigenvalue weighted by Crippen LogP contribution is 2.31. The second kappa shape index (κ2) is 6.18. The fourth-order valence-electron chi connectivity index (χ4n) is 2.08. The predicted molar refractivity (Wildman–Crippen MR) is 84.8 cm³/mol. The zero-order valence-corrected chi connectivity index (χ0v) is 13.4. The Kier molecular flexibility index (Phi) is 4.53. The van der Waals surface area contributed by atoms with Crippen molar-refractivity contribution in [1.82, 2.24) is 4.98 Å². The number of benzene rings is 1. The van der Waals surface area contributed by atoms with Crippen LogP contribution in [0.1, 0.15) is 27.2 Å². The minimum absolute atomic E-state index is 0.393.